The van der Waals surface area contributed by atoms with Gasteiger partial charge in [0.2, 0.25) is 0 Å². The number of nitrogens with one attached hydrogen (secondary N) is 1. The van der Waals surface area contributed by atoms with E-state index in [4.69, 9.17) is 9.47 Å². The summed E-state index contributed by atoms with van der Waals surface area (Å²) in [6.07, 6.45) is 2.37. The maximum Gasteiger partial charge on any atom is 0.409 e. The molecule has 1 N–H and O–H groups in total. The van der Waals surface area contributed by atoms with Crippen molar-refractivity contribution in [3.05, 3.63) is 6.73 Å². The van der Waals surface area contributed by atoms with Gasteiger partial charge < -0.3 is 9.47 Å². The first-order valence-corrected chi connectivity index (χ1v) is 4.67. The van der Waals surface area contributed by atoms with Crippen LogP contribution in [0.1, 0.15) is 33.1 Å². The van der Waals surface area contributed by atoms with E-state index in [1.54, 1.807) is 0 Å². The maximum atomic E-state index is 10.8. The second kappa shape index (κ2) is 9.32. The lowest BCUT2D eigenvalue weighted by atomic mass is 10.4. The number of rotatable bonds is 7. The Morgan fingerprint density at radius 1 is 1.31 bits per heavy atom. The number of hydrogen-bond acceptors (Lipinski definition) is 3. The number of carbonyl (C=O) groups is 1. The highest BCUT2D eigenvalue weighted by molar-refractivity contribution is 5.67. The van der Waals surface area contributed by atoms with Gasteiger partial charge in [-0.05, 0) is 12.8 Å². The van der Waals surface area contributed by atoms with Gasteiger partial charge in [-0.15, -0.1) is 0 Å². The molecule has 0 aliphatic carbocycles. The normalized spacial score (nSPS) is 9.69. The van der Waals surface area contributed by atoms with E-state index in [1.165, 1.54) is 6.73 Å². The molecule has 1 amide bonds. The summed E-state index contributed by atoms with van der Waals surface area (Å²) in [5.41, 5.74) is 0. The monoisotopic (exact) mass is 188 g/mol. The predicted molar refractivity (Wildman–Crippen MR) is 49.9 cm³/mol. The summed E-state index contributed by atoms with van der Waals surface area (Å²) in [4.78, 5) is 10.8. The zero-order valence-electron chi connectivity index (χ0n) is 8.34. The summed E-state index contributed by atoms with van der Waals surface area (Å²) in [7, 11) is 0. The van der Waals surface area contributed by atoms with Gasteiger partial charge in [-0.25, -0.2) is 4.79 Å². The van der Waals surface area contributed by atoms with E-state index in [0.717, 1.165) is 19.3 Å². The number of hydrogen-bond donors (Lipinski definition) is 1. The van der Waals surface area contributed by atoms with E-state index >= 15 is 0 Å². The second-order valence-corrected chi connectivity index (χ2v) is 2.62. The van der Waals surface area contributed by atoms with Crippen LogP contribution in [0.2, 0.25) is 0 Å². The van der Waals surface area contributed by atoms with Crippen molar-refractivity contribution in [1.29, 1.82) is 0 Å². The molecule has 1 radical (unpaired) electrons. The van der Waals surface area contributed by atoms with Gasteiger partial charge in [0.25, 0.3) is 0 Å². The van der Waals surface area contributed by atoms with Crippen molar-refractivity contribution in [1.82, 2.24) is 5.32 Å². The molecule has 0 heterocycles. The van der Waals surface area contributed by atoms with Crippen molar-refractivity contribution in [2.45, 2.75) is 33.1 Å². The Hall–Kier alpha value is -0.770. The molecule has 4 heteroatoms. The minimum Gasteiger partial charge on any atom is -0.450 e. The summed E-state index contributed by atoms with van der Waals surface area (Å²) >= 11 is 0. The molecule has 13 heavy (non-hydrogen) atoms. The van der Waals surface area contributed by atoms with Gasteiger partial charge in [-0.1, -0.05) is 20.3 Å². The lowest BCUT2D eigenvalue weighted by Gasteiger charge is -2.05. The molecule has 0 saturated heterocycles. The van der Waals surface area contributed by atoms with Crippen molar-refractivity contribution >= 4 is 6.09 Å². The summed E-state index contributed by atoms with van der Waals surface area (Å²) in [5, 5.41) is 2.37. The molecule has 0 saturated carbocycles. The Balaban J connectivity index is 3.11. The zero-order valence-corrected chi connectivity index (χ0v) is 8.34. The fourth-order valence-electron chi connectivity index (χ4n) is 0.617. The molecule has 0 bridgehead atoms. The molecule has 0 spiro atoms. The standard InChI is InChI=1S/C9H18NO3/c1-3-5-7-13-9(11)10-8-12-6-4-2/h8H,3-7H2,1-2H3,(H,10,11). The summed E-state index contributed by atoms with van der Waals surface area (Å²) in [5.74, 6) is 0. The van der Waals surface area contributed by atoms with E-state index in [1.807, 2.05) is 13.8 Å². The van der Waals surface area contributed by atoms with Crippen LogP contribution in [0.25, 0.3) is 0 Å². The molecule has 4 nitrogen and oxygen atoms in total. The minimum atomic E-state index is -0.454. The van der Waals surface area contributed by atoms with Gasteiger partial charge >= 0.3 is 6.09 Å². The highest BCUT2D eigenvalue weighted by Gasteiger charge is 1.99. The van der Waals surface area contributed by atoms with Gasteiger partial charge in [-0.3, -0.25) is 5.32 Å². The summed E-state index contributed by atoms with van der Waals surface area (Å²) in [6.45, 7) is 6.36. The van der Waals surface area contributed by atoms with Crippen LogP contribution >= 0.6 is 0 Å². The average molecular weight is 188 g/mol. The SMILES string of the molecule is CCCCOC(=O)N[CH]OCCC. The Morgan fingerprint density at radius 2 is 2.08 bits per heavy atom. The van der Waals surface area contributed by atoms with E-state index in [2.05, 4.69) is 5.32 Å². The molecule has 0 aliphatic rings. The van der Waals surface area contributed by atoms with Gasteiger partial charge in [0.05, 0.1) is 6.61 Å². The first kappa shape index (κ1) is 12.2. The molecule has 0 aromatic carbocycles. The van der Waals surface area contributed by atoms with E-state index in [-0.39, 0.29) is 0 Å². The molecule has 77 valence electrons. The molecule has 0 aromatic heterocycles. The van der Waals surface area contributed by atoms with E-state index in [0.29, 0.717) is 13.2 Å². The molecular formula is C9H18NO3. The average Bonchev–Trinajstić information content (AvgIpc) is 2.13. The Bertz CT molecular complexity index is 128. The van der Waals surface area contributed by atoms with E-state index in [9.17, 15) is 4.79 Å². The molecule has 0 aliphatic heterocycles. The third-order valence-electron chi connectivity index (χ3n) is 1.31. The molecule has 0 unspecified atom stereocenters. The largest absolute Gasteiger partial charge is 0.450 e. The highest BCUT2D eigenvalue weighted by Crippen LogP contribution is 1.89. The zero-order chi connectivity index (χ0) is 9.94. The number of ether oxygens (including phenoxy) is 2. The van der Waals surface area contributed by atoms with Crippen LogP contribution < -0.4 is 5.32 Å². The fourth-order valence-corrected chi connectivity index (χ4v) is 0.617. The van der Waals surface area contributed by atoms with Crippen molar-refractivity contribution < 1.29 is 14.3 Å². The maximum absolute atomic E-state index is 10.8. The number of alkyl carbamates (subject to hydrolysis) is 1. The van der Waals surface area contributed by atoms with Gasteiger partial charge in [0.15, 0.2) is 6.73 Å². The first-order valence-electron chi connectivity index (χ1n) is 4.67. The minimum absolute atomic E-state index is 0.454. The molecule has 0 rings (SSSR count). The summed E-state index contributed by atoms with van der Waals surface area (Å²) in [6, 6.07) is 0. The van der Waals surface area contributed by atoms with Crippen LogP contribution in [0, 0.1) is 6.73 Å². The topological polar surface area (TPSA) is 47.6 Å². The van der Waals surface area contributed by atoms with Crippen molar-refractivity contribution in [2.75, 3.05) is 13.2 Å². The lowest BCUT2D eigenvalue weighted by molar-refractivity contribution is 0.127. The third-order valence-corrected chi connectivity index (χ3v) is 1.31. The smallest absolute Gasteiger partial charge is 0.409 e. The summed E-state index contributed by atoms with van der Waals surface area (Å²) < 4.78 is 9.72. The van der Waals surface area contributed by atoms with Crippen LogP contribution in [0.3, 0.4) is 0 Å². The van der Waals surface area contributed by atoms with Crippen LogP contribution in [0.4, 0.5) is 4.79 Å². The Labute approximate surface area is 79.6 Å². The molecule has 0 aromatic rings. The van der Waals surface area contributed by atoms with Crippen molar-refractivity contribution in [3.63, 3.8) is 0 Å². The third kappa shape index (κ3) is 9.14. The van der Waals surface area contributed by atoms with Crippen LogP contribution in [-0.2, 0) is 9.47 Å². The van der Waals surface area contributed by atoms with Gasteiger partial charge in [0.1, 0.15) is 0 Å². The Kier molecular flexibility index (Phi) is 8.77. The first-order chi connectivity index (χ1) is 6.31. The highest BCUT2D eigenvalue weighted by atomic mass is 16.6. The molecule has 0 atom stereocenters. The fraction of sp³-hybridized carbons (Fsp3) is 0.778. The number of unbranched alkanes of at least 4 members (excludes halogenated alkanes) is 1. The van der Waals surface area contributed by atoms with Gasteiger partial charge in [0, 0.05) is 6.61 Å². The van der Waals surface area contributed by atoms with Crippen LogP contribution in [0.5, 0.6) is 0 Å². The quantitative estimate of drug-likeness (QED) is 0.622. The number of amides is 1. The second-order valence-electron chi connectivity index (χ2n) is 2.62. The van der Waals surface area contributed by atoms with Crippen LogP contribution in [-0.4, -0.2) is 19.3 Å². The molecular weight excluding hydrogens is 170 g/mol. The lowest BCUT2D eigenvalue weighted by Crippen LogP contribution is -2.23. The van der Waals surface area contributed by atoms with Crippen LogP contribution in [0.15, 0.2) is 0 Å². The van der Waals surface area contributed by atoms with E-state index < -0.39 is 6.09 Å². The van der Waals surface area contributed by atoms with Gasteiger partial charge in [-0.2, -0.15) is 0 Å². The number of carbonyl (C=O) groups excluding carboxylic acids is 1. The predicted octanol–water partition coefficient (Wildman–Crippen LogP) is 2.06. The van der Waals surface area contributed by atoms with Crippen molar-refractivity contribution in [3.8, 4) is 0 Å². The Morgan fingerprint density at radius 3 is 2.69 bits per heavy atom. The molecule has 0 fully saturated rings. The van der Waals surface area contributed by atoms with Crippen molar-refractivity contribution in [2.24, 2.45) is 0 Å².